The Labute approximate surface area is 106 Å². The maximum absolute atomic E-state index is 12.4. The first-order chi connectivity index (χ1) is 8.32. The highest BCUT2D eigenvalue weighted by molar-refractivity contribution is 5.76. The molecule has 2 N–H and O–H groups in total. The Morgan fingerprint density at radius 2 is 2.11 bits per heavy atom. The average Bonchev–Trinajstić information content (AvgIpc) is 2.28. The van der Waals surface area contributed by atoms with Crippen LogP contribution in [0, 0.1) is 5.92 Å². The van der Waals surface area contributed by atoms with Gasteiger partial charge in [0.15, 0.2) is 0 Å². The van der Waals surface area contributed by atoms with Crippen molar-refractivity contribution in [3.05, 3.63) is 0 Å². The van der Waals surface area contributed by atoms with Crippen molar-refractivity contribution < 1.29 is 18.0 Å². The predicted molar refractivity (Wildman–Crippen MR) is 63.1 cm³/mol. The Hall–Kier alpha value is -0.780. The van der Waals surface area contributed by atoms with E-state index in [0.717, 1.165) is 6.42 Å². The molecule has 0 saturated carbocycles. The number of rotatable bonds is 4. The first-order valence-electron chi connectivity index (χ1n) is 6.42. The Bertz CT molecular complexity index is 273. The van der Waals surface area contributed by atoms with Gasteiger partial charge < -0.3 is 10.6 Å². The molecule has 1 aliphatic heterocycles. The van der Waals surface area contributed by atoms with E-state index in [4.69, 9.17) is 0 Å². The fourth-order valence-electron chi connectivity index (χ4n) is 2.01. The molecule has 0 aliphatic carbocycles. The third-order valence-electron chi connectivity index (χ3n) is 3.41. The summed E-state index contributed by atoms with van der Waals surface area (Å²) >= 11 is 0. The summed E-state index contributed by atoms with van der Waals surface area (Å²) in [6.07, 6.45) is -2.42. The molecule has 0 bridgehead atoms. The van der Waals surface area contributed by atoms with Crippen LogP contribution >= 0.6 is 0 Å². The highest BCUT2D eigenvalue weighted by atomic mass is 19.4. The van der Waals surface area contributed by atoms with Gasteiger partial charge in [0.25, 0.3) is 0 Å². The molecule has 1 aliphatic rings. The maximum atomic E-state index is 12.4. The molecule has 0 aromatic carbocycles. The van der Waals surface area contributed by atoms with Crippen LogP contribution in [-0.4, -0.2) is 30.7 Å². The smallest absolute Gasteiger partial charge is 0.352 e. The third-order valence-corrected chi connectivity index (χ3v) is 3.41. The van der Waals surface area contributed by atoms with Gasteiger partial charge in [0, 0.05) is 19.0 Å². The van der Waals surface area contributed by atoms with Gasteiger partial charge in [0.05, 0.1) is 0 Å². The van der Waals surface area contributed by atoms with Crippen molar-refractivity contribution in [2.75, 3.05) is 6.54 Å². The molecule has 18 heavy (non-hydrogen) atoms. The second-order valence-electron chi connectivity index (χ2n) is 5.06. The fourth-order valence-corrected chi connectivity index (χ4v) is 2.01. The maximum Gasteiger partial charge on any atom is 0.403 e. The average molecular weight is 266 g/mol. The molecule has 0 aromatic heterocycles. The molecule has 0 spiro atoms. The van der Waals surface area contributed by atoms with Crippen molar-refractivity contribution in [3.63, 3.8) is 0 Å². The van der Waals surface area contributed by atoms with Crippen molar-refractivity contribution in [2.45, 2.75) is 57.8 Å². The van der Waals surface area contributed by atoms with E-state index in [-0.39, 0.29) is 24.9 Å². The van der Waals surface area contributed by atoms with E-state index in [2.05, 4.69) is 10.6 Å². The lowest BCUT2D eigenvalue weighted by Gasteiger charge is -2.31. The highest BCUT2D eigenvalue weighted by Gasteiger charge is 2.41. The summed E-state index contributed by atoms with van der Waals surface area (Å²) in [5.41, 5.74) is 0. The van der Waals surface area contributed by atoms with Gasteiger partial charge in [-0.2, -0.15) is 13.2 Å². The zero-order valence-corrected chi connectivity index (χ0v) is 10.8. The first-order valence-corrected chi connectivity index (χ1v) is 6.42. The highest BCUT2D eigenvalue weighted by Crippen LogP contribution is 2.26. The van der Waals surface area contributed by atoms with E-state index in [1.54, 1.807) is 0 Å². The van der Waals surface area contributed by atoms with E-state index < -0.39 is 12.2 Å². The number of alkyl halides is 3. The minimum Gasteiger partial charge on any atom is -0.352 e. The second kappa shape index (κ2) is 6.41. The van der Waals surface area contributed by atoms with Gasteiger partial charge in [0.1, 0.15) is 6.04 Å². The minimum absolute atomic E-state index is 0.0256. The molecule has 0 radical (unpaired) electrons. The quantitative estimate of drug-likeness (QED) is 0.819. The number of carbonyl (C=O) groups is 1. The van der Waals surface area contributed by atoms with Crippen molar-refractivity contribution in [2.24, 2.45) is 5.92 Å². The minimum atomic E-state index is -4.19. The van der Waals surface area contributed by atoms with Gasteiger partial charge in [-0.05, 0) is 18.8 Å². The Morgan fingerprint density at radius 1 is 1.44 bits per heavy atom. The van der Waals surface area contributed by atoms with E-state index in [0.29, 0.717) is 18.8 Å². The van der Waals surface area contributed by atoms with Gasteiger partial charge in [-0.25, -0.2) is 0 Å². The lowest BCUT2D eigenvalue weighted by atomic mass is 9.99. The number of halogens is 3. The van der Waals surface area contributed by atoms with Crippen LogP contribution in [0.2, 0.25) is 0 Å². The molecule has 6 heteroatoms. The summed E-state index contributed by atoms with van der Waals surface area (Å²) in [4.78, 5) is 11.6. The number of hydrogen-bond acceptors (Lipinski definition) is 2. The molecule has 1 saturated heterocycles. The molecular weight excluding hydrogens is 245 g/mol. The van der Waals surface area contributed by atoms with Crippen LogP contribution in [0.25, 0.3) is 0 Å². The van der Waals surface area contributed by atoms with Gasteiger partial charge in [-0.15, -0.1) is 0 Å². The predicted octanol–water partition coefficient (Wildman–Crippen LogP) is 2.22. The number of carbonyl (C=O) groups excluding carboxylic acids is 1. The van der Waals surface area contributed by atoms with Crippen molar-refractivity contribution in [1.29, 1.82) is 0 Å². The zero-order valence-electron chi connectivity index (χ0n) is 10.8. The van der Waals surface area contributed by atoms with E-state index in [9.17, 15) is 18.0 Å². The Kier molecular flexibility index (Phi) is 5.44. The van der Waals surface area contributed by atoms with Gasteiger partial charge >= 0.3 is 6.18 Å². The molecule has 0 aromatic rings. The largest absolute Gasteiger partial charge is 0.403 e. The van der Waals surface area contributed by atoms with Crippen LogP contribution in [0.15, 0.2) is 0 Å². The van der Waals surface area contributed by atoms with Crippen molar-refractivity contribution in [1.82, 2.24) is 10.6 Å². The van der Waals surface area contributed by atoms with Gasteiger partial charge in [-0.1, -0.05) is 20.3 Å². The Balaban J connectivity index is 2.29. The summed E-state index contributed by atoms with van der Waals surface area (Å²) in [6, 6.07) is -1.61. The number of piperidine rings is 1. The summed E-state index contributed by atoms with van der Waals surface area (Å²) in [6.45, 7) is 4.18. The lowest BCUT2D eigenvalue weighted by molar-refractivity contribution is -0.161. The summed E-state index contributed by atoms with van der Waals surface area (Å²) in [7, 11) is 0. The molecule has 1 amide bonds. The molecule has 3 nitrogen and oxygen atoms in total. The van der Waals surface area contributed by atoms with Crippen LogP contribution in [0.1, 0.15) is 39.5 Å². The zero-order chi connectivity index (χ0) is 13.8. The normalized spacial score (nSPS) is 26.7. The van der Waals surface area contributed by atoms with Crippen LogP contribution in [0.4, 0.5) is 13.2 Å². The molecule has 1 rings (SSSR count). The van der Waals surface area contributed by atoms with Crippen LogP contribution in [0.3, 0.4) is 0 Å². The topological polar surface area (TPSA) is 41.1 Å². The second-order valence-corrected chi connectivity index (χ2v) is 5.06. The van der Waals surface area contributed by atoms with Crippen LogP contribution in [0.5, 0.6) is 0 Å². The molecule has 1 heterocycles. The van der Waals surface area contributed by atoms with Crippen molar-refractivity contribution in [3.8, 4) is 0 Å². The summed E-state index contributed by atoms with van der Waals surface area (Å²) in [5, 5.41) is 5.23. The fraction of sp³-hybridized carbons (Fsp3) is 0.917. The summed E-state index contributed by atoms with van der Waals surface area (Å²) in [5.74, 6) is 0.242. The molecule has 106 valence electrons. The lowest BCUT2D eigenvalue weighted by Crippen LogP contribution is -2.54. The van der Waals surface area contributed by atoms with Gasteiger partial charge in [0.2, 0.25) is 5.91 Å². The Morgan fingerprint density at radius 3 is 2.56 bits per heavy atom. The molecule has 3 unspecified atom stereocenters. The number of amides is 1. The summed E-state index contributed by atoms with van der Waals surface area (Å²) < 4.78 is 37.2. The van der Waals surface area contributed by atoms with Crippen molar-refractivity contribution >= 4 is 5.91 Å². The SMILES string of the molecule is CCC(C)CC(=O)NC1CCC(C(F)(F)F)NC1. The van der Waals surface area contributed by atoms with Crippen LogP contribution < -0.4 is 10.6 Å². The monoisotopic (exact) mass is 266 g/mol. The first kappa shape index (κ1) is 15.3. The molecule has 3 atom stereocenters. The third kappa shape index (κ3) is 4.84. The van der Waals surface area contributed by atoms with Gasteiger partial charge in [-0.3, -0.25) is 4.79 Å². The van der Waals surface area contributed by atoms with Crippen LogP contribution in [-0.2, 0) is 4.79 Å². The number of nitrogens with one attached hydrogen (secondary N) is 2. The van der Waals surface area contributed by atoms with E-state index in [1.165, 1.54) is 0 Å². The van der Waals surface area contributed by atoms with E-state index in [1.807, 2.05) is 13.8 Å². The standard InChI is InChI=1S/C12H21F3N2O/c1-3-8(2)6-11(18)17-9-4-5-10(16-7-9)12(13,14)15/h8-10,16H,3-7H2,1-2H3,(H,17,18). The molecule has 1 fully saturated rings. The van der Waals surface area contributed by atoms with E-state index >= 15 is 0 Å². The number of hydrogen-bond donors (Lipinski definition) is 2. The molecular formula is C12H21F3N2O.